The van der Waals surface area contributed by atoms with Gasteiger partial charge in [0.15, 0.2) is 5.82 Å². The lowest BCUT2D eigenvalue weighted by Crippen LogP contribution is -2.00. The van der Waals surface area contributed by atoms with Crippen molar-refractivity contribution < 1.29 is 0 Å². The highest BCUT2D eigenvalue weighted by molar-refractivity contribution is 5.67. The van der Waals surface area contributed by atoms with E-state index in [1.807, 2.05) is 66.7 Å². The molecule has 0 spiro atoms. The number of hydrogen-bond donors (Lipinski definition) is 1. The molecule has 0 saturated carbocycles. The van der Waals surface area contributed by atoms with E-state index in [1.165, 1.54) is 0 Å². The zero-order valence-corrected chi connectivity index (χ0v) is 13.4. The van der Waals surface area contributed by atoms with Crippen molar-refractivity contribution in [3.63, 3.8) is 0 Å². The summed E-state index contributed by atoms with van der Waals surface area (Å²) in [6, 6.07) is 21.4. The maximum absolute atomic E-state index is 4.66. The molecular weight excluding hydrogens is 310 g/mol. The molecule has 0 atom stereocenters. The van der Waals surface area contributed by atoms with Gasteiger partial charge in [0.25, 0.3) is 0 Å². The molecule has 0 fully saturated rings. The van der Waals surface area contributed by atoms with Gasteiger partial charge < -0.3 is 5.32 Å². The van der Waals surface area contributed by atoms with E-state index in [2.05, 4.69) is 25.3 Å². The van der Waals surface area contributed by atoms with Gasteiger partial charge in [0.1, 0.15) is 5.82 Å². The van der Waals surface area contributed by atoms with Crippen molar-refractivity contribution in [2.75, 3.05) is 5.32 Å². The van der Waals surface area contributed by atoms with Crippen LogP contribution in [-0.2, 0) is 0 Å². The summed E-state index contributed by atoms with van der Waals surface area (Å²) < 4.78 is 0. The van der Waals surface area contributed by atoms with Crippen LogP contribution in [-0.4, -0.2) is 19.9 Å². The van der Waals surface area contributed by atoms with Gasteiger partial charge in [-0.1, -0.05) is 24.3 Å². The fourth-order valence-corrected chi connectivity index (χ4v) is 2.45. The van der Waals surface area contributed by atoms with Gasteiger partial charge >= 0.3 is 0 Å². The third kappa shape index (κ3) is 3.50. The Balaban J connectivity index is 1.80. The first kappa shape index (κ1) is 15.0. The summed E-state index contributed by atoms with van der Waals surface area (Å²) in [5, 5.41) is 3.32. The third-order valence-corrected chi connectivity index (χ3v) is 3.62. The summed E-state index contributed by atoms with van der Waals surface area (Å²) >= 11 is 0. The molecule has 5 nitrogen and oxygen atoms in total. The van der Waals surface area contributed by atoms with Crippen molar-refractivity contribution in [2.45, 2.75) is 0 Å². The second-order valence-electron chi connectivity index (χ2n) is 5.41. The Bertz CT molecular complexity index is 899. The van der Waals surface area contributed by atoms with Gasteiger partial charge in [-0.05, 0) is 36.4 Å². The molecule has 1 aromatic carbocycles. The maximum atomic E-state index is 4.66. The molecule has 5 heteroatoms. The van der Waals surface area contributed by atoms with Crippen LogP contribution >= 0.6 is 0 Å². The average molecular weight is 325 g/mol. The monoisotopic (exact) mass is 325 g/mol. The summed E-state index contributed by atoms with van der Waals surface area (Å²) in [6.07, 6.45) is 5.24. The lowest BCUT2D eigenvalue weighted by molar-refractivity contribution is 1.15. The van der Waals surface area contributed by atoms with Crippen LogP contribution in [0.1, 0.15) is 0 Å². The Kier molecular flexibility index (Phi) is 4.12. The normalized spacial score (nSPS) is 10.4. The van der Waals surface area contributed by atoms with Crippen molar-refractivity contribution in [1.82, 2.24) is 19.9 Å². The van der Waals surface area contributed by atoms with E-state index in [4.69, 9.17) is 0 Å². The summed E-state index contributed by atoms with van der Waals surface area (Å²) in [4.78, 5) is 17.9. The standard InChI is InChI=1S/C20H15N5/c1-2-8-16(9-3-1)23-19-13-18(17-10-4-5-12-22-17)24-20(25-19)15-7-6-11-21-14-15/h1-14H,(H,23,24,25). The predicted molar refractivity (Wildman–Crippen MR) is 98.2 cm³/mol. The van der Waals surface area contributed by atoms with Crippen LogP contribution in [0.5, 0.6) is 0 Å². The molecule has 0 radical (unpaired) electrons. The number of anilines is 2. The van der Waals surface area contributed by atoms with Crippen molar-refractivity contribution in [1.29, 1.82) is 0 Å². The topological polar surface area (TPSA) is 63.6 Å². The number of hydrogen-bond acceptors (Lipinski definition) is 5. The molecule has 0 aliphatic carbocycles. The van der Waals surface area contributed by atoms with Crippen LogP contribution in [0.4, 0.5) is 11.5 Å². The lowest BCUT2D eigenvalue weighted by atomic mass is 10.2. The van der Waals surface area contributed by atoms with Gasteiger partial charge in [-0.15, -0.1) is 0 Å². The van der Waals surface area contributed by atoms with E-state index in [0.29, 0.717) is 11.6 Å². The maximum Gasteiger partial charge on any atom is 0.163 e. The highest BCUT2D eigenvalue weighted by Crippen LogP contribution is 2.24. The summed E-state index contributed by atoms with van der Waals surface area (Å²) in [5.74, 6) is 1.32. The molecule has 3 aromatic heterocycles. The number of nitrogens with zero attached hydrogens (tertiary/aromatic N) is 4. The fourth-order valence-electron chi connectivity index (χ4n) is 2.45. The molecule has 25 heavy (non-hydrogen) atoms. The lowest BCUT2D eigenvalue weighted by Gasteiger charge is -2.10. The van der Waals surface area contributed by atoms with Crippen molar-refractivity contribution in [3.05, 3.63) is 85.3 Å². The van der Waals surface area contributed by atoms with Gasteiger partial charge in [0, 0.05) is 35.9 Å². The van der Waals surface area contributed by atoms with E-state index >= 15 is 0 Å². The zero-order chi connectivity index (χ0) is 16.9. The minimum absolute atomic E-state index is 0.606. The molecule has 0 bridgehead atoms. The number of benzene rings is 1. The second-order valence-corrected chi connectivity index (χ2v) is 5.41. The first-order chi connectivity index (χ1) is 12.4. The van der Waals surface area contributed by atoms with E-state index in [0.717, 1.165) is 22.6 Å². The Labute approximate surface area is 145 Å². The third-order valence-electron chi connectivity index (χ3n) is 3.62. The number of para-hydroxylation sites is 1. The van der Waals surface area contributed by atoms with Crippen LogP contribution in [0.25, 0.3) is 22.8 Å². The van der Waals surface area contributed by atoms with Gasteiger partial charge in [-0.3, -0.25) is 9.97 Å². The number of rotatable bonds is 4. The van der Waals surface area contributed by atoms with Crippen molar-refractivity contribution in [2.24, 2.45) is 0 Å². The van der Waals surface area contributed by atoms with Gasteiger partial charge in [0.05, 0.1) is 11.4 Å². The highest BCUT2D eigenvalue weighted by Gasteiger charge is 2.10. The number of nitrogens with one attached hydrogen (secondary N) is 1. The molecule has 1 N–H and O–H groups in total. The quantitative estimate of drug-likeness (QED) is 0.604. The molecule has 120 valence electrons. The minimum atomic E-state index is 0.606. The molecule has 0 amide bonds. The molecule has 4 aromatic rings. The Morgan fingerprint density at radius 3 is 2.36 bits per heavy atom. The Morgan fingerprint density at radius 1 is 0.720 bits per heavy atom. The smallest absolute Gasteiger partial charge is 0.163 e. The van der Waals surface area contributed by atoms with Crippen LogP contribution in [0, 0.1) is 0 Å². The van der Waals surface area contributed by atoms with Crippen molar-refractivity contribution in [3.8, 4) is 22.8 Å². The highest BCUT2D eigenvalue weighted by atomic mass is 15.0. The average Bonchev–Trinajstić information content (AvgIpc) is 2.70. The SMILES string of the molecule is c1ccc(Nc2cc(-c3ccccn3)nc(-c3cccnc3)n2)cc1. The van der Waals surface area contributed by atoms with E-state index < -0.39 is 0 Å². The van der Waals surface area contributed by atoms with Gasteiger partial charge in [-0.2, -0.15) is 0 Å². The van der Waals surface area contributed by atoms with Crippen LogP contribution in [0.3, 0.4) is 0 Å². The zero-order valence-electron chi connectivity index (χ0n) is 13.4. The molecule has 4 rings (SSSR count). The summed E-state index contributed by atoms with van der Waals surface area (Å²) in [6.45, 7) is 0. The molecule has 0 saturated heterocycles. The Morgan fingerprint density at radius 2 is 1.60 bits per heavy atom. The number of pyridine rings is 2. The predicted octanol–water partition coefficient (Wildman–Crippen LogP) is 4.34. The molecule has 0 aliphatic heterocycles. The van der Waals surface area contributed by atoms with Gasteiger partial charge in [-0.25, -0.2) is 9.97 Å². The molecule has 3 heterocycles. The van der Waals surface area contributed by atoms with Crippen molar-refractivity contribution >= 4 is 11.5 Å². The van der Waals surface area contributed by atoms with Crippen LogP contribution < -0.4 is 5.32 Å². The summed E-state index contributed by atoms with van der Waals surface area (Å²) in [5.41, 5.74) is 3.38. The largest absolute Gasteiger partial charge is 0.340 e. The summed E-state index contributed by atoms with van der Waals surface area (Å²) in [7, 11) is 0. The first-order valence-corrected chi connectivity index (χ1v) is 7.91. The first-order valence-electron chi connectivity index (χ1n) is 7.91. The van der Waals surface area contributed by atoms with E-state index in [-0.39, 0.29) is 0 Å². The molecular formula is C20H15N5. The van der Waals surface area contributed by atoms with Crippen LogP contribution in [0.2, 0.25) is 0 Å². The molecule has 0 unspecified atom stereocenters. The number of aromatic nitrogens is 4. The van der Waals surface area contributed by atoms with Gasteiger partial charge in [0.2, 0.25) is 0 Å². The Hall–Kier alpha value is -3.60. The van der Waals surface area contributed by atoms with Crippen LogP contribution in [0.15, 0.2) is 85.3 Å². The second kappa shape index (κ2) is 6.88. The van der Waals surface area contributed by atoms with E-state index in [1.54, 1.807) is 18.6 Å². The van der Waals surface area contributed by atoms with E-state index in [9.17, 15) is 0 Å². The molecule has 0 aliphatic rings. The minimum Gasteiger partial charge on any atom is -0.340 e. The fraction of sp³-hybridized carbons (Fsp3) is 0.